The third-order valence-electron chi connectivity index (χ3n) is 7.92. The highest BCUT2D eigenvalue weighted by atomic mass is 19.1. The second-order valence-corrected chi connectivity index (χ2v) is 10.5. The van der Waals surface area contributed by atoms with Crippen LogP contribution in [0.3, 0.4) is 0 Å². The Morgan fingerprint density at radius 1 is 1.07 bits per heavy atom. The zero-order chi connectivity index (χ0) is 28.0. The Morgan fingerprint density at radius 3 is 2.55 bits per heavy atom. The van der Waals surface area contributed by atoms with Crippen LogP contribution in [0.15, 0.2) is 60.8 Å². The van der Waals surface area contributed by atoms with Gasteiger partial charge in [-0.25, -0.2) is 4.39 Å². The molecule has 2 atom stereocenters. The highest BCUT2D eigenvalue weighted by Gasteiger charge is 2.32. The number of methoxy groups -OCH3 is 1. The van der Waals surface area contributed by atoms with Crippen LogP contribution < -0.4 is 14.2 Å². The molecule has 7 heteroatoms. The van der Waals surface area contributed by atoms with Gasteiger partial charge in [0.05, 0.1) is 32.0 Å². The maximum absolute atomic E-state index is 15.3. The summed E-state index contributed by atoms with van der Waals surface area (Å²) in [5.41, 5.74) is 8.65. The normalized spacial score (nSPS) is 17.2. The molecule has 0 saturated heterocycles. The molecule has 1 aliphatic carbocycles. The molecule has 0 amide bonds. The molecule has 1 aromatic heterocycles. The average molecular weight is 540 g/mol. The fraction of sp³-hybridized carbons (Fsp3) is 0.273. The number of carboxylic acid groups (broad SMARTS) is 1. The Labute approximate surface area is 232 Å². The predicted octanol–water partition coefficient (Wildman–Crippen LogP) is 7.20. The molecule has 6 nitrogen and oxygen atoms in total. The molecule has 6 rings (SSSR count). The molecular weight excluding hydrogens is 509 g/mol. The molecule has 0 saturated carbocycles. The van der Waals surface area contributed by atoms with Gasteiger partial charge in [-0.05, 0) is 90.9 Å². The fourth-order valence-corrected chi connectivity index (χ4v) is 6.11. The minimum atomic E-state index is -0.854. The first-order valence-corrected chi connectivity index (χ1v) is 13.4. The highest BCUT2D eigenvalue weighted by molar-refractivity contribution is 5.79. The van der Waals surface area contributed by atoms with Crippen LogP contribution in [0, 0.1) is 19.7 Å². The number of hydrogen-bond donors (Lipinski definition) is 1. The zero-order valence-corrected chi connectivity index (χ0v) is 22.7. The van der Waals surface area contributed by atoms with E-state index in [1.54, 1.807) is 19.4 Å². The highest BCUT2D eigenvalue weighted by Crippen LogP contribution is 2.45. The number of aryl methyl sites for hydroxylation is 2. The van der Waals surface area contributed by atoms with Crippen molar-refractivity contribution < 1.29 is 28.5 Å². The van der Waals surface area contributed by atoms with E-state index in [0.29, 0.717) is 42.3 Å². The summed E-state index contributed by atoms with van der Waals surface area (Å²) in [6, 6.07) is 17.0. The number of pyridine rings is 1. The van der Waals surface area contributed by atoms with E-state index in [2.05, 4.69) is 31.0 Å². The minimum Gasteiger partial charge on any atom is -0.495 e. The van der Waals surface area contributed by atoms with Crippen LogP contribution in [0.5, 0.6) is 17.2 Å². The monoisotopic (exact) mass is 539 g/mol. The number of nitrogens with zero attached hydrogens (tertiary/aromatic N) is 1. The number of benzene rings is 3. The van der Waals surface area contributed by atoms with E-state index in [9.17, 15) is 4.79 Å². The first kappa shape index (κ1) is 25.9. The largest absolute Gasteiger partial charge is 0.495 e. The van der Waals surface area contributed by atoms with E-state index in [4.69, 9.17) is 19.3 Å². The lowest BCUT2D eigenvalue weighted by atomic mass is 9.88. The SMILES string of the molecule is COc1ccc(-c2cc(C)c(-c3ccc(F)c4c3CC[C@H]4Oc3ccc4c(c3)OCC4CC(=O)O)c(C)c2)nc1. The molecule has 2 aliphatic rings. The lowest BCUT2D eigenvalue weighted by Crippen LogP contribution is -2.07. The van der Waals surface area contributed by atoms with E-state index in [1.807, 2.05) is 30.3 Å². The summed E-state index contributed by atoms with van der Waals surface area (Å²) < 4.78 is 32.6. The molecule has 204 valence electrons. The zero-order valence-electron chi connectivity index (χ0n) is 22.7. The molecule has 1 N–H and O–H groups in total. The van der Waals surface area contributed by atoms with E-state index in [1.165, 1.54) is 6.07 Å². The van der Waals surface area contributed by atoms with Crippen LogP contribution in [-0.4, -0.2) is 29.8 Å². The van der Waals surface area contributed by atoms with Crippen molar-refractivity contribution in [1.29, 1.82) is 0 Å². The van der Waals surface area contributed by atoms with Crippen LogP contribution in [0.25, 0.3) is 22.4 Å². The number of carbonyl (C=O) groups is 1. The molecule has 0 spiro atoms. The van der Waals surface area contributed by atoms with Crippen LogP contribution in [-0.2, 0) is 11.2 Å². The number of aromatic nitrogens is 1. The summed E-state index contributed by atoms with van der Waals surface area (Å²) in [7, 11) is 1.62. The smallest absolute Gasteiger partial charge is 0.304 e. The van der Waals surface area contributed by atoms with Gasteiger partial charge in [-0.3, -0.25) is 9.78 Å². The van der Waals surface area contributed by atoms with E-state index in [-0.39, 0.29) is 18.2 Å². The van der Waals surface area contributed by atoms with Gasteiger partial charge in [0.25, 0.3) is 0 Å². The van der Waals surface area contributed by atoms with Crippen LogP contribution >= 0.6 is 0 Å². The summed E-state index contributed by atoms with van der Waals surface area (Å²) in [6.07, 6.45) is 2.67. The molecule has 0 bridgehead atoms. The third-order valence-corrected chi connectivity index (χ3v) is 7.92. The van der Waals surface area contributed by atoms with Gasteiger partial charge in [0.1, 0.15) is 29.2 Å². The van der Waals surface area contributed by atoms with Crippen molar-refractivity contribution in [3.8, 4) is 39.6 Å². The second kappa shape index (κ2) is 10.3. The first-order chi connectivity index (χ1) is 19.3. The molecule has 1 aliphatic heterocycles. The summed E-state index contributed by atoms with van der Waals surface area (Å²) in [5.74, 6) is 0.632. The van der Waals surface area contributed by atoms with Gasteiger partial charge in [-0.2, -0.15) is 0 Å². The lowest BCUT2D eigenvalue weighted by molar-refractivity contribution is -0.137. The quantitative estimate of drug-likeness (QED) is 0.268. The van der Waals surface area contributed by atoms with E-state index in [0.717, 1.165) is 44.6 Å². The fourth-order valence-electron chi connectivity index (χ4n) is 6.11. The number of hydrogen-bond acceptors (Lipinski definition) is 5. The van der Waals surface area contributed by atoms with Gasteiger partial charge in [0.15, 0.2) is 0 Å². The summed E-state index contributed by atoms with van der Waals surface area (Å²) in [4.78, 5) is 15.7. The molecule has 0 radical (unpaired) electrons. The summed E-state index contributed by atoms with van der Waals surface area (Å²) in [6.45, 7) is 4.49. The maximum Gasteiger partial charge on any atom is 0.304 e. The average Bonchev–Trinajstić information content (AvgIpc) is 3.54. The van der Waals surface area contributed by atoms with Gasteiger partial charge in [0, 0.05) is 28.7 Å². The molecule has 40 heavy (non-hydrogen) atoms. The van der Waals surface area contributed by atoms with Crippen molar-refractivity contribution in [3.05, 3.63) is 94.4 Å². The van der Waals surface area contributed by atoms with Crippen LogP contribution in [0.4, 0.5) is 4.39 Å². The third kappa shape index (κ3) is 4.66. The number of ether oxygens (including phenoxy) is 3. The summed E-state index contributed by atoms with van der Waals surface area (Å²) >= 11 is 0. The molecule has 4 aromatic rings. The van der Waals surface area contributed by atoms with Gasteiger partial charge < -0.3 is 19.3 Å². The number of fused-ring (bicyclic) bond motifs is 2. The van der Waals surface area contributed by atoms with Crippen molar-refractivity contribution in [2.24, 2.45) is 0 Å². The molecule has 2 heterocycles. The van der Waals surface area contributed by atoms with Crippen molar-refractivity contribution >= 4 is 5.97 Å². The lowest BCUT2D eigenvalue weighted by Gasteiger charge is -2.19. The minimum absolute atomic E-state index is 0.0214. The van der Waals surface area contributed by atoms with Gasteiger partial charge in [-0.1, -0.05) is 12.1 Å². The Hall–Kier alpha value is -4.39. The van der Waals surface area contributed by atoms with Crippen molar-refractivity contribution in [3.63, 3.8) is 0 Å². The van der Waals surface area contributed by atoms with Gasteiger partial charge in [0.2, 0.25) is 0 Å². The van der Waals surface area contributed by atoms with Crippen molar-refractivity contribution in [2.75, 3.05) is 13.7 Å². The van der Waals surface area contributed by atoms with Gasteiger partial charge in [-0.15, -0.1) is 0 Å². The predicted molar refractivity (Wildman–Crippen MR) is 150 cm³/mol. The molecule has 1 unspecified atom stereocenters. The Kier molecular flexibility index (Phi) is 6.66. The molecule has 0 fully saturated rings. The van der Waals surface area contributed by atoms with Crippen molar-refractivity contribution in [2.45, 2.75) is 45.1 Å². The number of rotatable bonds is 7. The standard InChI is InChI=1S/C33H30FNO5/c1-18-12-20(28-10-5-23(38-3)16-35-28)13-19(2)32(18)25-7-9-27(34)33-26(25)8-11-29(33)40-22-4-6-24-21(14-31(36)37)17-39-30(24)15-22/h4-7,9-10,12-13,15-16,21,29H,8,11,14,17H2,1-3H3,(H,36,37)/t21?,29-/m1/s1. The van der Waals surface area contributed by atoms with Gasteiger partial charge >= 0.3 is 5.97 Å². The molecule has 3 aromatic carbocycles. The summed E-state index contributed by atoms with van der Waals surface area (Å²) in [5, 5.41) is 9.16. The topological polar surface area (TPSA) is 77.9 Å². The second-order valence-electron chi connectivity index (χ2n) is 10.5. The Balaban J connectivity index is 1.30. The number of carboxylic acids is 1. The van der Waals surface area contributed by atoms with Crippen LogP contribution in [0.2, 0.25) is 0 Å². The Morgan fingerprint density at radius 2 is 1.85 bits per heavy atom. The van der Waals surface area contributed by atoms with E-state index < -0.39 is 12.1 Å². The maximum atomic E-state index is 15.3. The molecular formula is C33H30FNO5. The van der Waals surface area contributed by atoms with Crippen LogP contribution in [0.1, 0.15) is 52.7 Å². The first-order valence-electron chi connectivity index (χ1n) is 13.4. The number of aliphatic carboxylic acids is 1. The number of halogens is 1. The Bertz CT molecular complexity index is 1590. The van der Waals surface area contributed by atoms with E-state index >= 15 is 4.39 Å². The van der Waals surface area contributed by atoms with Crippen molar-refractivity contribution in [1.82, 2.24) is 4.98 Å².